The van der Waals surface area contributed by atoms with E-state index in [-0.39, 0.29) is 9.35 Å². The molecule has 0 N–H and O–H groups in total. The first-order valence-corrected chi connectivity index (χ1v) is 4.08. The Hall–Kier alpha value is 0.765. The van der Waals surface area contributed by atoms with Crippen LogP contribution in [-0.2, 0) is 0 Å². The fourth-order valence-corrected chi connectivity index (χ4v) is 0. The molecule has 0 aliphatic heterocycles. The molecule has 3 heteroatoms. The molecule has 1 unspecified atom stereocenters. The van der Waals surface area contributed by atoms with Crippen LogP contribution in [0.4, 0.5) is 0 Å². The molecule has 0 aromatic rings. The average molecular weight is 106 g/mol. The van der Waals surface area contributed by atoms with E-state index < -0.39 is 0 Å². The van der Waals surface area contributed by atoms with Gasteiger partial charge in [0.1, 0.15) is 0 Å². The Kier molecular flexibility index (Phi) is 3.43. The topological polar surface area (TPSA) is 0 Å². The molecular weight excluding hydrogens is 99.0 g/mol. The van der Waals surface area contributed by atoms with E-state index in [9.17, 15) is 0 Å². The monoisotopic (exact) mass is 106 g/mol. The van der Waals surface area contributed by atoms with Crippen molar-refractivity contribution in [2.45, 2.75) is 6.92 Å². The number of rotatable bonds is 1. The van der Waals surface area contributed by atoms with E-state index in [4.69, 9.17) is 0 Å². The zero-order valence-corrected chi connectivity index (χ0v) is 4.98. The fourth-order valence-electron chi connectivity index (χ4n) is 0. The van der Waals surface area contributed by atoms with Crippen LogP contribution in [-0.4, -0.2) is 12.5 Å². The summed E-state index contributed by atoms with van der Waals surface area (Å²) in [4.78, 5) is 0. The third-order valence-electron chi connectivity index (χ3n) is 0.333. The van der Waals surface area contributed by atoms with Crippen LogP contribution < -0.4 is 0 Å². The van der Waals surface area contributed by atoms with Gasteiger partial charge >= 0.3 is 40.4 Å². The van der Waals surface area contributed by atoms with Gasteiger partial charge in [-0.05, 0) is 0 Å². The predicted octanol–water partition coefficient (Wildman–Crippen LogP) is 0.936. The molecular formula is C2H7BS2. The summed E-state index contributed by atoms with van der Waals surface area (Å²) in [6.45, 7) is 5.72. The minimum atomic E-state index is 0.122. The van der Waals surface area contributed by atoms with Crippen LogP contribution in [0.1, 0.15) is 6.92 Å². The molecule has 5 heavy (non-hydrogen) atoms. The first-order chi connectivity index (χ1) is 2.27. The summed E-state index contributed by atoms with van der Waals surface area (Å²) in [5, 5.41) is 0. The predicted molar refractivity (Wildman–Crippen MR) is 34.3 cm³/mol. The van der Waals surface area contributed by atoms with Gasteiger partial charge in [0.05, 0.1) is 0 Å². The second-order valence-corrected chi connectivity index (χ2v) is 3.80. The van der Waals surface area contributed by atoms with Crippen molar-refractivity contribution in [2.75, 3.05) is 5.75 Å². The van der Waals surface area contributed by atoms with Crippen molar-refractivity contribution in [3.63, 3.8) is 0 Å². The third kappa shape index (κ3) is 4.76. The third-order valence-corrected chi connectivity index (χ3v) is 1.77. The first-order valence-electron chi connectivity index (χ1n) is 1.47. The van der Waals surface area contributed by atoms with Crippen LogP contribution in [0.25, 0.3) is 0 Å². The Morgan fingerprint density at radius 3 is 2.20 bits per heavy atom. The van der Waals surface area contributed by atoms with Gasteiger partial charge in [0.25, 0.3) is 0 Å². The van der Waals surface area contributed by atoms with Gasteiger partial charge in [0, 0.05) is 0 Å². The molecule has 0 amide bonds. The number of hydrogen-bond donors (Lipinski definition) is 1. The maximum absolute atomic E-state index is 4.01. The van der Waals surface area contributed by atoms with Gasteiger partial charge in [-0.25, -0.2) is 0 Å². The summed E-state index contributed by atoms with van der Waals surface area (Å²) in [5.74, 6) is 1.09. The molecule has 0 heterocycles. The second kappa shape index (κ2) is 2.97. The molecule has 1 atom stereocenters. The van der Waals surface area contributed by atoms with Crippen molar-refractivity contribution < 1.29 is 0 Å². The summed E-state index contributed by atoms with van der Waals surface area (Å²) in [5.41, 5.74) is 0. The Morgan fingerprint density at radius 2 is 2.20 bits per heavy atom. The molecule has 0 saturated heterocycles. The van der Waals surface area contributed by atoms with Crippen LogP contribution >= 0.6 is 21.0 Å². The van der Waals surface area contributed by atoms with Gasteiger partial charge in [0.2, 0.25) is 0 Å². The Morgan fingerprint density at radius 1 is 2.00 bits per heavy atom. The molecule has 0 nitrogen and oxygen atoms in total. The zero-order chi connectivity index (χ0) is 4.28. The van der Waals surface area contributed by atoms with Crippen molar-refractivity contribution in [3.8, 4) is 0 Å². The summed E-state index contributed by atoms with van der Waals surface area (Å²) in [7, 11) is 0.122. The summed E-state index contributed by atoms with van der Waals surface area (Å²) in [6, 6.07) is 0. The van der Waals surface area contributed by atoms with E-state index in [1.165, 1.54) is 0 Å². The normalized spacial score (nSPS) is 14.6. The molecule has 0 fully saturated rings. The van der Waals surface area contributed by atoms with Crippen LogP contribution in [0.5, 0.6) is 0 Å². The van der Waals surface area contributed by atoms with Gasteiger partial charge in [-0.1, -0.05) is 0 Å². The van der Waals surface area contributed by atoms with E-state index >= 15 is 0 Å². The van der Waals surface area contributed by atoms with E-state index in [0.717, 1.165) is 5.75 Å². The van der Waals surface area contributed by atoms with Gasteiger partial charge < -0.3 is 0 Å². The standard InChI is InChI=1S/C2H7BS2/c1-2-5(3)4/h3-4H,2H2,1H3. The molecule has 0 spiro atoms. The van der Waals surface area contributed by atoms with Crippen LogP contribution in [0, 0.1) is 0 Å². The van der Waals surface area contributed by atoms with E-state index in [1.54, 1.807) is 0 Å². The Bertz CT molecular complexity index is 42.9. The van der Waals surface area contributed by atoms with E-state index in [1.807, 2.05) is 0 Å². The van der Waals surface area contributed by atoms with Crippen LogP contribution in [0.2, 0.25) is 0 Å². The Balaban J connectivity index is 2.85. The molecule has 0 bridgehead atoms. The quantitative estimate of drug-likeness (QED) is 0.287. The zero-order valence-electron chi connectivity index (χ0n) is 3.27. The molecule has 0 radical (unpaired) electrons. The first kappa shape index (κ1) is 5.76. The Labute approximate surface area is 41.0 Å². The van der Waals surface area contributed by atoms with Crippen molar-refractivity contribution in [3.05, 3.63) is 0 Å². The SMILES string of the molecule is B=S(S)CC. The molecule has 0 aliphatic carbocycles. The molecule has 0 saturated carbocycles. The molecule has 0 aromatic carbocycles. The van der Waals surface area contributed by atoms with Crippen molar-refractivity contribution in [2.24, 2.45) is 0 Å². The van der Waals surface area contributed by atoms with Crippen molar-refractivity contribution in [1.82, 2.24) is 0 Å². The summed E-state index contributed by atoms with van der Waals surface area (Å²) < 4.78 is 0. The van der Waals surface area contributed by atoms with Crippen LogP contribution in [0.3, 0.4) is 0 Å². The van der Waals surface area contributed by atoms with Crippen molar-refractivity contribution in [1.29, 1.82) is 0 Å². The maximum atomic E-state index is 4.01. The van der Waals surface area contributed by atoms with Crippen LogP contribution in [0.15, 0.2) is 0 Å². The molecule has 30 valence electrons. The van der Waals surface area contributed by atoms with Gasteiger partial charge in [-0.15, -0.1) is 0 Å². The average Bonchev–Trinajstić information content (AvgIpc) is 1.38. The summed E-state index contributed by atoms with van der Waals surface area (Å²) in [6.07, 6.45) is 0. The molecule has 0 aromatic heterocycles. The number of thiol groups is 1. The second-order valence-electron chi connectivity index (χ2n) is 0.751. The number of hydrogen-bond acceptors (Lipinski definition) is 1. The van der Waals surface area contributed by atoms with Gasteiger partial charge in [-0.3, -0.25) is 0 Å². The fraction of sp³-hybridized carbons (Fsp3) is 1.00. The van der Waals surface area contributed by atoms with E-state index in [2.05, 4.69) is 25.3 Å². The van der Waals surface area contributed by atoms with Crippen molar-refractivity contribution >= 4 is 27.7 Å². The van der Waals surface area contributed by atoms with E-state index in [0.29, 0.717) is 0 Å². The molecule has 0 rings (SSSR count). The molecule has 0 aliphatic rings. The minimum absolute atomic E-state index is 0.122. The van der Waals surface area contributed by atoms with Gasteiger partial charge in [0.15, 0.2) is 0 Å². The van der Waals surface area contributed by atoms with Gasteiger partial charge in [-0.2, -0.15) is 0 Å². The summed E-state index contributed by atoms with van der Waals surface area (Å²) >= 11 is 4.01.